The largest absolute Gasteiger partial charge is 0.374 e. The molecule has 0 aromatic heterocycles. The monoisotopic (exact) mass is 172 g/mol. The summed E-state index contributed by atoms with van der Waals surface area (Å²) in [5.74, 6) is 0. The third kappa shape index (κ3) is 3.52. The Labute approximate surface area is 74.9 Å². The Hall–Kier alpha value is -0.120. The van der Waals surface area contributed by atoms with Gasteiger partial charge in [0.15, 0.2) is 0 Å². The summed E-state index contributed by atoms with van der Waals surface area (Å²) < 4.78 is 5.55. The van der Waals surface area contributed by atoms with Gasteiger partial charge in [0.25, 0.3) is 0 Å². The van der Waals surface area contributed by atoms with Crippen molar-refractivity contribution in [3.05, 3.63) is 0 Å². The zero-order valence-corrected chi connectivity index (χ0v) is 8.10. The molecule has 0 amide bonds. The minimum atomic E-state index is 0.368. The van der Waals surface area contributed by atoms with E-state index in [1.165, 1.54) is 6.42 Å². The van der Waals surface area contributed by atoms with Crippen LogP contribution in [-0.2, 0) is 4.74 Å². The minimum Gasteiger partial charge on any atom is -0.374 e. The van der Waals surface area contributed by atoms with Crippen LogP contribution in [0.5, 0.6) is 0 Å². The number of hydrogen-bond donors (Lipinski definition) is 2. The second-order valence-electron chi connectivity index (χ2n) is 3.41. The molecule has 0 aromatic carbocycles. The summed E-state index contributed by atoms with van der Waals surface area (Å²) in [6.45, 7) is 8.21. The number of ether oxygens (including phenoxy) is 1. The Kier molecular flexibility index (Phi) is 4.58. The summed E-state index contributed by atoms with van der Waals surface area (Å²) in [6, 6.07) is 0.607. The third-order valence-electron chi connectivity index (χ3n) is 2.31. The lowest BCUT2D eigenvalue weighted by Gasteiger charge is -2.25. The maximum Gasteiger partial charge on any atom is 0.0824 e. The molecule has 3 nitrogen and oxygen atoms in total. The Morgan fingerprint density at radius 1 is 1.67 bits per heavy atom. The molecule has 0 spiro atoms. The number of nitrogens with one attached hydrogen (secondary N) is 2. The van der Waals surface area contributed by atoms with Gasteiger partial charge in [-0.05, 0) is 13.3 Å². The maximum absolute atomic E-state index is 5.55. The van der Waals surface area contributed by atoms with Crippen LogP contribution in [0.3, 0.4) is 0 Å². The first-order valence-corrected chi connectivity index (χ1v) is 4.88. The molecule has 3 heteroatoms. The molecule has 2 N–H and O–H groups in total. The summed E-state index contributed by atoms with van der Waals surface area (Å²) in [7, 11) is 0. The number of rotatable bonds is 4. The Morgan fingerprint density at radius 3 is 3.08 bits per heavy atom. The van der Waals surface area contributed by atoms with E-state index in [0.717, 1.165) is 26.2 Å². The van der Waals surface area contributed by atoms with E-state index in [-0.39, 0.29) is 0 Å². The zero-order valence-electron chi connectivity index (χ0n) is 8.10. The fourth-order valence-electron chi connectivity index (χ4n) is 1.23. The zero-order chi connectivity index (χ0) is 8.81. The second kappa shape index (κ2) is 5.51. The van der Waals surface area contributed by atoms with E-state index in [9.17, 15) is 0 Å². The van der Waals surface area contributed by atoms with Gasteiger partial charge in [-0.25, -0.2) is 0 Å². The number of hydrogen-bond acceptors (Lipinski definition) is 3. The molecular formula is C9H20N2O. The van der Waals surface area contributed by atoms with Crippen molar-refractivity contribution in [2.24, 2.45) is 0 Å². The Bertz CT molecular complexity index is 113. The lowest BCUT2D eigenvalue weighted by molar-refractivity contribution is 0.0278. The molecule has 2 atom stereocenters. The van der Waals surface area contributed by atoms with E-state index in [0.29, 0.717) is 12.1 Å². The topological polar surface area (TPSA) is 33.3 Å². The lowest BCUT2D eigenvalue weighted by Crippen LogP contribution is -2.45. The summed E-state index contributed by atoms with van der Waals surface area (Å²) in [5, 5.41) is 6.75. The molecule has 0 aromatic rings. The van der Waals surface area contributed by atoms with Crippen LogP contribution in [0, 0.1) is 0 Å². The first-order chi connectivity index (χ1) is 5.83. The lowest BCUT2D eigenvalue weighted by atomic mass is 10.2. The summed E-state index contributed by atoms with van der Waals surface area (Å²) >= 11 is 0. The van der Waals surface area contributed by atoms with Gasteiger partial charge >= 0.3 is 0 Å². The molecule has 1 rings (SSSR count). The van der Waals surface area contributed by atoms with E-state index in [1.54, 1.807) is 0 Å². The molecule has 12 heavy (non-hydrogen) atoms. The first kappa shape index (κ1) is 9.96. The van der Waals surface area contributed by atoms with Crippen molar-refractivity contribution in [1.29, 1.82) is 0 Å². The molecule has 0 aliphatic carbocycles. The van der Waals surface area contributed by atoms with Gasteiger partial charge in [-0.3, -0.25) is 0 Å². The molecule has 0 radical (unpaired) electrons. The van der Waals surface area contributed by atoms with Crippen molar-refractivity contribution < 1.29 is 4.74 Å². The van der Waals surface area contributed by atoms with Crippen LogP contribution in [0.15, 0.2) is 0 Å². The standard InChI is InChI=1S/C9H20N2O/c1-3-8(2)11-7-9-6-10-4-5-12-9/h8-11H,3-7H2,1-2H3. The van der Waals surface area contributed by atoms with E-state index in [2.05, 4.69) is 24.5 Å². The van der Waals surface area contributed by atoms with Crippen LogP contribution in [-0.4, -0.2) is 38.4 Å². The van der Waals surface area contributed by atoms with Gasteiger partial charge in [0.1, 0.15) is 0 Å². The molecule has 72 valence electrons. The van der Waals surface area contributed by atoms with Crippen molar-refractivity contribution in [2.45, 2.75) is 32.4 Å². The van der Waals surface area contributed by atoms with Gasteiger partial charge in [-0.1, -0.05) is 6.92 Å². The average Bonchev–Trinajstić information content (AvgIpc) is 2.16. The van der Waals surface area contributed by atoms with Crippen LogP contribution >= 0.6 is 0 Å². The van der Waals surface area contributed by atoms with Crippen molar-refractivity contribution in [3.63, 3.8) is 0 Å². The molecule has 0 saturated carbocycles. The summed E-state index contributed by atoms with van der Waals surface area (Å²) in [4.78, 5) is 0. The van der Waals surface area contributed by atoms with Gasteiger partial charge in [0.2, 0.25) is 0 Å². The van der Waals surface area contributed by atoms with Crippen LogP contribution in [0.4, 0.5) is 0 Å². The summed E-state index contributed by atoms with van der Waals surface area (Å²) in [5.41, 5.74) is 0. The van der Waals surface area contributed by atoms with Crippen molar-refractivity contribution in [2.75, 3.05) is 26.2 Å². The van der Waals surface area contributed by atoms with Gasteiger partial charge in [-0.2, -0.15) is 0 Å². The van der Waals surface area contributed by atoms with E-state index < -0.39 is 0 Å². The highest BCUT2D eigenvalue weighted by Crippen LogP contribution is 1.95. The van der Waals surface area contributed by atoms with Crippen LogP contribution in [0.2, 0.25) is 0 Å². The highest BCUT2D eigenvalue weighted by Gasteiger charge is 2.12. The molecule has 1 saturated heterocycles. The van der Waals surface area contributed by atoms with Crippen molar-refractivity contribution in [1.82, 2.24) is 10.6 Å². The molecule has 2 unspecified atom stereocenters. The smallest absolute Gasteiger partial charge is 0.0824 e. The molecule has 1 fully saturated rings. The quantitative estimate of drug-likeness (QED) is 0.642. The number of morpholine rings is 1. The fraction of sp³-hybridized carbons (Fsp3) is 1.00. The predicted molar refractivity (Wildman–Crippen MR) is 50.4 cm³/mol. The normalized spacial score (nSPS) is 27.0. The van der Waals surface area contributed by atoms with Gasteiger partial charge in [-0.15, -0.1) is 0 Å². The third-order valence-corrected chi connectivity index (χ3v) is 2.31. The molecule has 1 heterocycles. The molecule has 1 aliphatic heterocycles. The van der Waals surface area contributed by atoms with Gasteiger partial charge in [0.05, 0.1) is 12.7 Å². The highest BCUT2D eigenvalue weighted by atomic mass is 16.5. The fourth-order valence-corrected chi connectivity index (χ4v) is 1.23. The average molecular weight is 172 g/mol. The van der Waals surface area contributed by atoms with E-state index in [1.807, 2.05) is 0 Å². The minimum absolute atomic E-state index is 0.368. The molecule has 0 bridgehead atoms. The second-order valence-corrected chi connectivity index (χ2v) is 3.41. The highest BCUT2D eigenvalue weighted by molar-refractivity contribution is 4.71. The maximum atomic E-state index is 5.55. The van der Waals surface area contributed by atoms with E-state index in [4.69, 9.17) is 4.74 Å². The van der Waals surface area contributed by atoms with Crippen molar-refractivity contribution in [3.8, 4) is 0 Å². The van der Waals surface area contributed by atoms with Crippen LogP contribution in [0.25, 0.3) is 0 Å². The van der Waals surface area contributed by atoms with Crippen LogP contribution in [0.1, 0.15) is 20.3 Å². The summed E-state index contributed by atoms with van der Waals surface area (Å²) in [6.07, 6.45) is 1.55. The van der Waals surface area contributed by atoms with E-state index >= 15 is 0 Å². The van der Waals surface area contributed by atoms with Gasteiger partial charge in [0, 0.05) is 25.7 Å². The predicted octanol–water partition coefficient (Wildman–Crippen LogP) is 0.363. The molecular weight excluding hydrogens is 152 g/mol. The first-order valence-electron chi connectivity index (χ1n) is 4.88. The SMILES string of the molecule is CCC(C)NCC1CNCCO1. The van der Waals surface area contributed by atoms with Crippen molar-refractivity contribution >= 4 is 0 Å². The van der Waals surface area contributed by atoms with Gasteiger partial charge < -0.3 is 15.4 Å². The Morgan fingerprint density at radius 2 is 2.50 bits per heavy atom. The Balaban J connectivity index is 2.05. The van der Waals surface area contributed by atoms with Crippen LogP contribution < -0.4 is 10.6 Å². The molecule has 1 aliphatic rings.